The first-order valence-electron chi connectivity index (χ1n) is 5.60. The zero-order valence-corrected chi connectivity index (χ0v) is 9.73. The Balaban J connectivity index is 2.23. The molecule has 0 aliphatic carbocycles. The van der Waals surface area contributed by atoms with Crippen molar-refractivity contribution in [1.29, 1.82) is 0 Å². The molecule has 1 saturated heterocycles. The van der Waals surface area contributed by atoms with E-state index in [4.69, 9.17) is 4.74 Å². The molecule has 0 radical (unpaired) electrons. The third kappa shape index (κ3) is 2.30. The summed E-state index contributed by atoms with van der Waals surface area (Å²) in [5.41, 5.74) is 0.132. The minimum atomic E-state index is -0.882. The highest BCUT2D eigenvalue weighted by Gasteiger charge is 2.45. The Morgan fingerprint density at radius 1 is 1.41 bits per heavy atom. The molecule has 1 heterocycles. The Bertz CT molecular complexity index is 430. The fourth-order valence-electron chi connectivity index (χ4n) is 2.22. The SMILES string of the molecule is COC(=O)C1(Cc2ccccc2)CCC(=O)N1. The van der Waals surface area contributed by atoms with Crippen LogP contribution in [0.15, 0.2) is 30.3 Å². The lowest BCUT2D eigenvalue weighted by atomic mass is 9.89. The molecule has 0 aromatic heterocycles. The first-order chi connectivity index (χ1) is 8.16. The first kappa shape index (κ1) is 11.6. The van der Waals surface area contributed by atoms with Gasteiger partial charge in [0.2, 0.25) is 5.91 Å². The van der Waals surface area contributed by atoms with Crippen molar-refractivity contribution >= 4 is 11.9 Å². The molecule has 0 bridgehead atoms. The van der Waals surface area contributed by atoms with Gasteiger partial charge in [-0.15, -0.1) is 0 Å². The van der Waals surface area contributed by atoms with E-state index in [0.717, 1.165) is 5.56 Å². The third-order valence-electron chi connectivity index (χ3n) is 3.08. The molecule has 4 heteroatoms. The van der Waals surface area contributed by atoms with E-state index in [1.54, 1.807) is 0 Å². The number of esters is 1. The Morgan fingerprint density at radius 2 is 2.12 bits per heavy atom. The molecule has 1 aromatic rings. The predicted octanol–water partition coefficient (Wildman–Crippen LogP) is 1.05. The molecule has 0 saturated carbocycles. The lowest BCUT2D eigenvalue weighted by Crippen LogP contribution is -2.51. The van der Waals surface area contributed by atoms with Gasteiger partial charge in [0, 0.05) is 12.8 Å². The van der Waals surface area contributed by atoms with Crippen molar-refractivity contribution in [1.82, 2.24) is 5.32 Å². The van der Waals surface area contributed by atoms with Crippen molar-refractivity contribution in [3.8, 4) is 0 Å². The van der Waals surface area contributed by atoms with Crippen molar-refractivity contribution in [2.24, 2.45) is 0 Å². The van der Waals surface area contributed by atoms with Crippen LogP contribution in [0.2, 0.25) is 0 Å². The van der Waals surface area contributed by atoms with Crippen LogP contribution in [-0.4, -0.2) is 24.5 Å². The van der Waals surface area contributed by atoms with Crippen molar-refractivity contribution in [2.75, 3.05) is 7.11 Å². The van der Waals surface area contributed by atoms with E-state index in [-0.39, 0.29) is 11.9 Å². The van der Waals surface area contributed by atoms with Gasteiger partial charge in [0.1, 0.15) is 5.54 Å². The molecule has 1 amide bonds. The standard InChI is InChI=1S/C13H15NO3/c1-17-12(16)13(8-7-11(15)14-13)9-10-5-3-2-4-6-10/h2-6H,7-9H2,1H3,(H,14,15). The molecule has 90 valence electrons. The summed E-state index contributed by atoms with van der Waals surface area (Å²) in [4.78, 5) is 23.2. The summed E-state index contributed by atoms with van der Waals surface area (Å²) in [5.74, 6) is -0.460. The van der Waals surface area contributed by atoms with Crippen molar-refractivity contribution in [2.45, 2.75) is 24.8 Å². The van der Waals surface area contributed by atoms with Crippen LogP contribution >= 0.6 is 0 Å². The van der Waals surface area contributed by atoms with Crippen LogP contribution in [-0.2, 0) is 20.7 Å². The summed E-state index contributed by atoms with van der Waals surface area (Å²) >= 11 is 0. The number of benzene rings is 1. The summed E-state index contributed by atoms with van der Waals surface area (Å²) < 4.78 is 4.80. The van der Waals surface area contributed by atoms with Crippen LogP contribution in [0.25, 0.3) is 0 Å². The van der Waals surface area contributed by atoms with E-state index < -0.39 is 5.54 Å². The molecule has 1 aromatic carbocycles. The quantitative estimate of drug-likeness (QED) is 0.794. The monoisotopic (exact) mass is 233 g/mol. The second-order valence-corrected chi connectivity index (χ2v) is 4.28. The zero-order chi connectivity index (χ0) is 12.3. The highest BCUT2D eigenvalue weighted by atomic mass is 16.5. The van der Waals surface area contributed by atoms with E-state index in [9.17, 15) is 9.59 Å². The van der Waals surface area contributed by atoms with E-state index in [2.05, 4.69) is 5.32 Å². The van der Waals surface area contributed by atoms with Gasteiger partial charge < -0.3 is 10.1 Å². The van der Waals surface area contributed by atoms with E-state index in [1.807, 2.05) is 30.3 Å². The van der Waals surface area contributed by atoms with Crippen molar-refractivity contribution in [3.05, 3.63) is 35.9 Å². The molecule has 17 heavy (non-hydrogen) atoms. The summed E-state index contributed by atoms with van der Waals surface area (Å²) in [6, 6.07) is 9.63. The number of ether oxygens (including phenoxy) is 1. The van der Waals surface area contributed by atoms with Crippen molar-refractivity contribution < 1.29 is 14.3 Å². The summed E-state index contributed by atoms with van der Waals surface area (Å²) in [7, 11) is 1.35. The average Bonchev–Trinajstić information content (AvgIpc) is 2.72. The fourth-order valence-corrected chi connectivity index (χ4v) is 2.22. The van der Waals surface area contributed by atoms with Crippen LogP contribution in [0.3, 0.4) is 0 Å². The van der Waals surface area contributed by atoms with Gasteiger partial charge in [0.25, 0.3) is 0 Å². The Hall–Kier alpha value is -1.84. The normalized spacial score (nSPS) is 23.2. The fraction of sp³-hybridized carbons (Fsp3) is 0.385. The van der Waals surface area contributed by atoms with E-state index >= 15 is 0 Å². The summed E-state index contributed by atoms with van der Waals surface area (Å²) in [6.45, 7) is 0. The number of carbonyl (C=O) groups excluding carboxylic acids is 2. The number of hydrogen-bond acceptors (Lipinski definition) is 3. The van der Waals surface area contributed by atoms with E-state index in [1.165, 1.54) is 7.11 Å². The van der Waals surface area contributed by atoms with Gasteiger partial charge in [0.15, 0.2) is 0 Å². The maximum atomic E-state index is 11.8. The number of carbonyl (C=O) groups is 2. The molecule has 1 fully saturated rings. The summed E-state index contributed by atoms with van der Waals surface area (Å²) in [6.07, 6.45) is 1.35. The first-order valence-corrected chi connectivity index (χ1v) is 5.60. The average molecular weight is 233 g/mol. The van der Waals surface area contributed by atoms with Gasteiger partial charge in [-0.25, -0.2) is 4.79 Å². The maximum Gasteiger partial charge on any atom is 0.331 e. The molecule has 4 nitrogen and oxygen atoms in total. The number of hydrogen-bond donors (Lipinski definition) is 1. The van der Waals surface area contributed by atoms with Crippen LogP contribution in [0.1, 0.15) is 18.4 Å². The lowest BCUT2D eigenvalue weighted by Gasteiger charge is -2.26. The molecule has 0 spiro atoms. The van der Waals surface area contributed by atoms with Crippen LogP contribution in [0, 0.1) is 0 Å². The molecule has 1 aliphatic rings. The Kier molecular flexibility index (Phi) is 3.13. The van der Waals surface area contributed by atoms with Gasteiger partial charge >= 0.3 is 5.97 Å². The van der Waals surface area contributed by atoms with Crippen LogP contribution < -0.4 is 5.32 Å². The molecule has 1 aliphatic heterocycles. The van der Waals surface area contributed by atoms with Crippen LogP contribution in [0.4, 0.5) is 0 Å². The second kappa shape index (κ2) is 4.57. The van der Waals surface area contributed by atoms with Gasteiger partial charge in [-0.3, -0.25) is 4.79 Å². The number of methoxy groups -OCH3 is 1. The minimum absolute atomic E-state index is 0.0914. The highest BCUT2D eigenvalue weighted by Crippen LogP contribution is 2.26. The zero-order valence-electron chi connectivity index (χ0n) is 9.73. The Labute approximate surface area is 100.0 Å². The minimum Gasteiger partial charge on any atom is -0.467 e. The van der Waals surface area contributed by atoms with Gasteiger partial charge in [0.05, 0.1) is 7.11 Å². The molecule has 2 rings (SSSR count). The summed E-state index contributed by atoms with van der Waals surface area (Å²) in [5, 5.41) is 2.75. The van der Waals surface area contributed by atoms with Gasteiger partial charge in [-0.05, 0) is 12.0 Å². The topological polar surface area (TPSA) is 55.4 Å². The lowest BCUT2D eigenvalue weighted by molar-refractivity contribution is -0.149. The predicted molar refractivity (Wildman–Crippen MR) is 62.3 cm³/mol. The molecule has 1 atom stereocenters. The number of nitrogens with one attached hydrogen (secondary N) is 1. The van der Waals surface area contributed by atoms with Gasteiger partial charge in [-0.2, -0.15) is 0 Å². The van der Waals surface area contributed by atoms with Crippen molar-refractivity contribution in [3.63, 3.8) is 0 Å². The molecular formula is C13H15NO3. The Morgan fingerprint density at radius 3 is 2.65 bits per heavy atom. The van der Waals surface area contributed by atoms with E-state index in [0.29, 0.717) is 19.3 Å². The van der Waals surface area contributed by atoms with Crippen LogP contribution in [0.5, 0.6) is 0 Å². The maximum absolute atomic E-state index is 11.8. The molecular weight excluding hydrogens is 218 g/mol. The molecule has 1 unspecified atom stereocenters. The second-order valence-electron chi connectivity index (χ2n) is 4.28. The third-order valence-corrected chi connectivity index (χ3v) is 3.08. The molecule has 1 N–H and O–H groups in total. The largest absolute Gasteiger partial charge is 0.467 e. The highest BCUT2D eigenvalue weighted by molar-refractivity contribution is 5.92. The number of rotatable bonds is 3. The number of amides is 1. The smallest absolute Gasteiger partial charge is 0.331 e. The van der Waals surface area contributed by atoms with Gasteiger partial charge in [-0.1, -0.05) is 30.3 Å².